The number of hydrogen-bond acceptors (Lipinski definition) is 6. The minimum atomic E-state index is -0.181. The highest BCUT2D eigenvalue weighted by Crippen LogP contribution is 2.50. The lowest BCUT2D eigenvalue weighted by Gasteiger charge is -2.43. The zero-order chi connectivity index (χ0) is 34.9. The van der Waals surface area contributed by atoms with Crippen LogP contribution in [0.1, 0.15) is 58.1 Å². The smallest absolute Gasteiger partial charge is 0.264 e. The van der Waals surface area contributed by atoms with Crippen LogP contribution in [0, 0.1) is 0 Å². The van der Waals surface area contributed by atoms with Gasteiger partial charge in [0.25, 0.3) is 5.91 Å². The average Bonchev–Trinajstić information content (AvgIpc) is 3.49. The number of ether oxygens (including phenoxy) is 2. The van der Waals surface area contributed by atoms with Crippen molar-refractivity contribution in [1.82, 2.24) is 5.32 Å². The lowest BCUT2D eigenvalue weighted by atomic mass is 9.76. The normalized spacial score (nSPS) is 19.6. The molecule has 1 fully saturated rings. The molecule has 2 atom stereocenters. The monoisotopic (exact) mass is 819 g/mol. The van der Waals surface area contributed by atoms with E-state index in [9.17, 15) is 4.79 Å². The van der Waals surface area contributed by atoms with E-state index in [-0.39, 0.29) is 17.7 Å². The number of halogens is 2. The molecular weight excluding hydrogens is 786 g/mol. The van der Waals surface area contributed by atoms with E-state index in [4.69, 9.17) is 14.5 Å². The third-order valence-corrected chi connectivity index (χ3v) is 11.8. The van der Waals surface area contributed by atoms with Crippen molar-refractivity contribution < 1.29 is 14.3 Å². The number of anilines is 1. The number of thioether (sulfide) groups is 1. The molecule has 51 heavy (non-hydrogen) atoms. The van der Waals surface area contributed by atoms with E-state index >= 15 is 0 Å². The lowest BCUT2D eigenvalue weighted by Crippen LogP contribution is -2.37. The van der Waals surface area contributed by atoms with Gasteiger partial charge in [0.1, 0.15) is 6.61 Å². The number of hydrogen-bond donors (Lipinski definition) is 1. The fraction of sp³-hybridized carbons (Fsp3) is 0.190. The Morgan fingerprint density at radius 3 is 2.10 bits per heavy atom. The van der Waals surface area contributed by atoms with Gasteiger partial charge in [-0.1, -0.05) is 88.7 Å². The number of methoxy groups -OCH3 is 1. The molecule has 0 saturated carbocycles. The summed E-state index contributed by atoms with van der Waals surface area (Å²) < 4.78 is 13.6. The lowest BCUT2D eigenvalue weighted by molar-refractivity contribution is -0.115. The van der Waals surface area contributed by atoms with Gasteiger partial charge < -0.3 is 19.7 Å². The predicted octanol–water partition coefficient (Wildman–Crippen LogP) is 10.6. The van der Waals surface area contributed by atoms with E-state index in [1.54, 1.807) is 7.11 Å². The van der Waals surface area contributed by atoms with Gasteiger partial charge in [0.15, 0.2) is 16.7 Å². The number of nitrogens with one attached hydrogen (secondary N) is 1. The van der Waals surface area contributed by atoms with Gasteiger partial charge in [0.05, 0.1) is 22.2 Å². The second kappa shape index (κ2) is 14.7. The number of aliphatic imine (C=N–C) groups is 1. The van der Waals surface area contributed by atoms with Crippen LogP contribution >= 0.6 is 43.6 Å². The van der Waals surface area contributed by atoms with Crippen LogP contribution in [-0.2, 0) is 11.4 Å². The van der Waals surface area contributed by atoms with Gasteiger partial charge >= 0.3 is 0 Å². The summed E-state index contributed by atoms with van der Waals surface area (Å²) in [5.41, 5.74) is 9.34. The quantitative estimate of drug-likeness (QED) is 0.158. The summed E-state index contributed by atoms with van der Waals surface area (Å²) in [6.07, 6.45) is 3.97. The highest BCUT2D eigenvalue weighted by atomic mass is 79.9. The van der Waals surface area contributed by atoms with Gasteiger partial charge in [-0.25, -0.2) is 4.99 Å². The topological polar surface area (TPSA) is 63.2 Å². The largest absolute Gasteiger partial charge is 0.493 e. The van der Waals surface area contributed by atoms with Crippen LogP contribution in [0.2, 0.25) is 0 Å². The van der Waals surface area contributed by atoms with Crippen molar-refractivity contribution >= 4 is 72.1 Å². The van der Waals surface area contributed by atoms with Crippen molar-refractivity contribution in [3.05, 3.63) is 156 Å². The van der Waals surface area contributed by atoms with Crippen molar-refractivity contribution in [3.8, 4) is 11.5 Å². The maximum Gasteiger partial charge on any atom is 0.264 e. The van der Waals surface area contributed by atoms with Crippen molar-refractivity contribution in [2.75, 3.05) is 25.1 Å². The molecule has 9 heteroatoms. The molecule has 5 aromatic rings. The van der Waals surface area contributed by atoms with Gasteiger partial charge in [-0.3, -0.25) is 4.79 Å². The molecule has 3 heterocycles. The van der Waals surface area contributed by atoms with Crippen molar-refractivity contribution in [1.29, 1.82) is 0 Å². The number of carbonyl (C=O) groups is 1. The molecule has 1 saturated heterocycles. The number of benzene rings is 5. The van der Waals surface area contributed by atoms with Gasteiger partial charge in [0, 0.05) is 35.1 Å². The summed E-state index contributed by atoms with van der Waals surface area (Å²) >= 11 is 8.49. The maximum atomic E-state index is 13.3. The Balaban J connectivity index is 1.11. The second-order valence-corrected chi connectivity index (χ2v) is 15.7. The first-order chi connectivity index (χ1) is 24.9. The van der Waals surface area contributed by atoms with Crippen LogP contribution < -0.4 is 19.7 Å². The number of rotatable bonds is 8. The molecule has 0 bridgehead atoms. The highest BCUT2D eigenvalue weighted by Gasteiger charge is 2.35. The Kier molecular flexibility index (Phi) is 9.77. The van der Waals surface area contributed by atoms with Gasteiger partial charge in [-0.2, -0.15) is 0 Å². The van der Waals surface area contributed by atoms with Crippen LogP contribution in [-0.4, -0.2) is 31.3 Å². The number of carbonyl (C=O) groups excluding carboxylic acids is 1. The van der Waals surface area contributed by atoms with Crippen LogP contribution in [0.5, 0.6) is 11.5 Å². The molecular formula is C42H35Br2N3O3S. The average molecular weight is 822 g/mol. The van der Waals surface area contributed by atoms with Gasteiger partial charge in [-0.15, -0.1) is 0 Å². The zero-order valence-corrected chi connectivity index (χ0v) is 31.9. The Labute approximate surface area is 319 Å². The van der Waals surface area contributed by atoms with Crippen molar-refractivity contribution in [2.24, 2.45) is 4.99 Å². The first-order valence-electron chi connectivity index (χ1n) is 17.0. The van der Waals surface area contributed by atoms with Crippen molar-refractivity contribution in [2.45, 2.75) is 31.3 Å². The summed E-state index contributed by atoms with van der Waals surface area (Å²) in [5, 5.41) is 3.58. The molecule has 256 valence electrons. The first-order valence-corrected chi connectivity index (χ1v) is 19.4. The minimum Gasteiger partial charge on any atom is -0.493 e. The van der Waals surface area contributed by atoms with Crippen LogP contribution in [0.3, 0.4) is 0 Å². The van der Waals surface area contributed by atoms with E-state index in [2.05, 4.69) is 115 Å². The zero-order valence-electron chi connectivity index (χ0n) is 27.9. The summed E-state index contributed by atoms with van der Waals surface area (Å²) in [4.78, 5) is 21.5. The Hall–Kier alpha value is -4.31. The molecule has 8 rings (SSSR count). The number of amides is 1. The van der Waals surface area contributed by atoms with Crippen molar-refractivity contribution in [3.63, 3.8) is 0 Å². The summed E-state index contributed by atoms with van der Waals surface area (Å²) in [7, 11) is 1.61. The summed E-state index contributed by atoms with van der Waals surface area (Å²) in [5.74, 6) is 1.55. The Morgan fingerprint density at radius 2 is 1.49 bits per heavy atom. The fourth-order valence-electron chi connectivity index (χ4n) is 7.35. The number of amidine groups is 1. The van der Waals surface area contributed by atoms with E-state index in [1.165, 1.54) is 39.7 Å². The summed E-state index contributed by atoms with van der Waals surface area (Å²) in [6.45, 7) is 2.46. The fourth-order valence-corrected chi connectivity index (χ4v) is 9.03. The molecule has 0 aromatic heterocycles. The third-order valence-electron chi connectivity index (χ3n) is 9.73. The van der Waals surface area contributed by atoms with E-state index in [0.717, 1.165) is 51.7 Å². The molecule has 3 aliphatic rings. The molecule has 0 unspecified atom stereocenters. The van der Waals surface area contributed by atoms with Crippen LogP contribution in [0.4, 0.5) is 11.4 Å². The first kappa shape index (κ1) is 33.8. The third kappa shape index (κ3) is 7.12. The van der Waals surface area contributed by atoms with Crippen LogP contribution in [0.15, 0.2) is 128 Å². The van der Waals surface area contributed by atoms with Gasteiger partial charge in [-0.05, 0) is 116 Å². The molecule has 5 aromatic carbocycles. The highest BCUT2D eigenvalue weighted by molar-refractivity contribution is 9.10. The van der Waals surface area contributed by atoms with Gasteiger partial charge in [0.2, 0.25) is 0 Å². The number of nitrogens with zero attached hydrogens (tertiary/aromatic N) is 2. The maximum absolute atomic E-state index is 13.3. The SMILES string of the molecule is COc1cc(/C=C2\SC(=Nc3cc4c5c(c3)[C@H](c3ccccc3)CCN5CC[C@@H]4c3ccccc3)NC2=O)cc(Br)c1OCc1ccc(Br)cc1. The molecule has 1 N–H and O–H groups in total. The van der Waals surface area contributed by atoms with Crippen LogP contribution in [0.25, 0.3) is 6.08 Å². The Morgan fingerprint density at radius 1 is 0.863 bits per heavy atom. The van der Waals surface area contributed by atoms with E-state index in [0.29, 0.717) is 28.2 Å². The molecule has 1 amide bonds. The molecule has 3 aliphatic heterocycles. The molecule has 0 radical (unpaired) electrons. The predicted molar refractivity (Wildman–Crippen MR) is 214 cm³/mol. The molecule has 0 spiro atoms. The Bertz CT molecular complexity index is 2080. The van der Waals surface area contributed by atoms with E-state index < -0.39 is 0 Å². The van der Waals surface area contributed by atoms with E-state index in [1.807, 2.05) is 42.5 Å². The standard InChI is InChI=1S/C42H35Br2N3O3S/c1-49-37-21-27(20-36(44)40(37)50-25-26-12-14-30(43)15-13-26)22-38-41(48)46-42(51-38)45-31-23-34-32(28-8-4-2-5-9-28)16-18-47-19-17-33(35(24-31)39(34)47)29-10-6-3-7-11-29/h2-15,20-24,32-33H,16-19,25H2,1H3,(H,45,46,48)/b38-22-/t32-,33+. The summed E-state index contributed by atoms with van der Waals surface area (Å²) in [6, 6.07) is 37.9. The second-order valence-electron chi connectivity index (χ2n) is 12.9. The molecule has 6 nitrogen and oxygen atoms in total. The molecule has 0 aliphatic carbocycles. The minimum absolute atomic E-state index is 0.181.